The molecule has 0 aliphatic carbocycles. The number of piperidine rings is 1. The number of aromatic nitrogens is 2. The standard InChI is InChI=1S/C33H26F3N5O7/c1-40-25(14-27(39-40)33(34,35)36)22-9-7-20(13-26(22)42)48-16-18-4-2-17(3-5-18)15-37-29(44)19-6-8-21-23(12-19)32(47)41(31(21)46)24-10-11-28(43)38-30(24)45/h2-9,12-14,24,42H,10-11,15-16H2,1H3,(H,37,44)(H,38,43,45). The Labute approximate surface area is 270 Å². The molecular formula is C33H26F3N5O7. The number of halogens is 3. The largest absolute Gasteiger partial charge is 0.507 e. The fraction of sp³-hybridized carbons (Fsp3) is 0.212. The van der Waals surface area contributed by atoms with Gasteiger partial charge < -0.3 is 15.2 Å². The van der Waals surface area contributed by atoms with Gasteiger partial charge in [-0.1, -0.05) is 24.3 Å². The van der Waals surface area contributed by atoms with E-state index >= 15 is 0 Å². The minimum atomic E-state index is -4.62. The Bertz CT molecular complexity index is 1990. The number of rotatable bonds is 8. The number of hydrogen-bond donors (Lipinski definition) is 3. The molecule has 4 aromatic rings. The number of carbonyl (C=O) groups is 5. The van der Waals surface area contributed by atoms with Crippen LogP contribution >= 0.6 is 0 Å². The van der Waals surface area contributed by atoms with Crippen molar-refractivity contribution < 1.29 is 47.0 Å². The average molecular weight is 662 g/mol. The molecule has 15 heteroatoms. The second-order valence-electron chi connectivity index (χ2n) is 11.2. The maximum Gasteiger partial charge on any atom is 0.435 e. The molecule has 12 nitrogen and oxygen atoms in total. The van der Waals surface area contributed by atoms with Crippen LogP contribution in [0.15, 0.2) is 66.7 Å². The number of ether oxygens (including phenoxy) is 1. The summed E-state index contributed by atoms with van der Waals surface area (Å²) in [5, 5.41) is 18.8. The number of aromatic hydroxyl groups is 1. The first kappa shape index (κ1) is 32.0. The van der Waals surface area contributed by atoms with Gasteiger partial charge in [0.2, 0.25) is 11.8 Å². The third-order valence-corrected chi connectivity index (χ3v) is 8.00. The van der Waals surface area contributed by atoms with E-state index in [1.807, 2.05) is 0 Å². The first-order valence-corrected chi connectivity index (χ1v) is 14.6. The summed E-state index contributed by atoms with van der Waals surface area (Å²) in [6, 6.07) is 15.2. The molecule has 1 aromatic heterocycles. The van der Waals surface area contributed by atoms with Gasteiger partial charge in [0.15, 0.2) is 5.69 Å². The van der Waals surface area contributed by atoms with Crippen LogP contribution in [0.25, 0.3) is 11.3 Å². The van der Waals surface area contributed by atoms with Gasteiger partial charge >= 0.3 is 6.18 Å². The van der Waals surface area contributed by atoms with Crippen LogP contribution in [0, 0.1) is 0 Å². The van der Waals surface area contributed by atoms with Gasteiger partial charge in [-0.15, -0.1) is 0 Å². The van der Waals surface area contributed by atoms with Crippen LogP contribution in [-0.2, 0) is 36.0 Å². The molecule has 2 aliphatic rings. The predicted octanol–water partition coefficient (Wildman–Crippen LogP) is 3.72. The summed E-state index contributed by atoms with van der Waals surface area (Å²) in [4.78, 5) is 63.4. The highest BCUT2D eigenvalue weighted by atomic mass is 19.4. The van der Waals surface area contributed by atoms with E-state index < -0.39 is 47.4 Å². The number of fused-ring (bicyclic) bond motifs is 1. The Morgan fingerprint density at radius 1 is 0.958 bits per heavy atom. The normalized spacial score (nSPS) is 16.2. The molecule has 0 bridgehead atoms. The minimum absolute atomic E-state index is 0.00256. The number of phenols is 1. The smallest absolute Gasteiger partial charge is 0.435 e. The van der Waals surface area contributed by atoms with E-state index in [4.69, 9.17) is 4.74 Å². The minimum Gasteiger partial charge on any atom is -0.507 e. The molecule has 3 N–H and O–H groups in total. The molecule has 1 atom stereocenters. The van der Waals surface area contributed by atoms with Crippen molar-refractivity contribution in [1.82, 2.24) is 25.3 Å². The summed E-state index contributed by atoms with van der Waals surface area (Å²) < 4.78 is 45.8. The van der Waals surface area contributed by atoms with Crippen LogP contribution in [0.2, 0.25) is 0 Å². The lowest BCUT2D eigenvalue weighted by Gasteiger charge is -2.27. The molecule has 1 fully saturated rings. The van der Waals surface area contributed by atoms with Crippen LogP contribution in [0.1, 0.15) is 60.7 Å². The second-order valence-corrected chi connectivity index (χ2v) is 11.2. The lowest BCUT2D eigenvalue weighted by molar-refractivity contribution is -0.141. The fourth-order valence-corrected chi connectivity index (χ4v) is 5.49. The van der Waals surface area contributed by atoms with Crippen LogP contribution in [0.3, 0.4) is 0 Å². The van der Waals surface area contributed by atoms with E-state index in [0.29, 0.717) is 5.75 Å². The van der Waals surface area contributed by atoms with E-state index in [1.165, 1.54) is 43.4 Å². The molecule has 2 aliphatic heterocycles. The van der Waals surface area contributed by atoms with Crippen LogP contribution < -0.4 is 15.4 Å². The third-order valence-electron chi connectivity index (χ3n) is 8.00. The van der Waals surface area contributed by atoms with Gasteiger partial charge in [-0.2, -0.15) is 18.3 Å². The van der Waals surface area contributed by atoms with Crippen LogP contribution in [0.4, 0.5) is 13.2 Å². The van der Waals surface area contributed by atoms with Crippen molar-refractivity contribution in [1.29, 1.82) is 0 Å². The Morgan fingerprint density at radius 2 is 1.65 bits per heavy atom. The molecule has 5 amide bonds. The Kier molecular flexibility index (Phi) is 8.20. The van der Waals surface area contributed by atoms with Crippen LogP contribution in [0.5, 0.6) is 11.5 Å². The molecule has 0 radical (unpaired) electrons. The molecule has 6 rings (SSSR count). The van der Waals surface area contributed by atoms with Crippen molar-refractivity contribution in [2.45, 2.75) is 38.2 Å². The van der Waals surface area contributed by atoms with E-state index in [2.05, 4.69) is 15.7 Å². The average Bonchev–Trinajstić information content (AvgIpc) is 3.56. The second kappa shape index (κ2) is 12.3. The highest BCUT2D eigenvalue weighted by Crippen LogP contribution is 2.36. The Balaban J connectivity index is 1.03. The van der Waals surface area contributed by atoms with Crippen molar-refractivity contribution in [3.63, 3.8) is 0 Å². The maximum atomic E-state index is 13.0. The van der Waals surface area contributed by atoms with Crippen molar-refractivity contribution >= 4 is 29.5 Å². The zero-order valence-electron chi connectivity index (χ0n) is 25.1. The number of amides is 5. The zero-order chi connectivity index (χ0) is 34.3. The number of hydrogen-bond acceptors (Lipinski definition) is 8. The van der Waals surface area contributed by atoms with Gasteiger partial charge in [-0.25, -0.2) is 0 Å². The van der Waals surface area contributed by atoms with Crippen molar-refractivity contribution in [2.24, 2.45) is 7.05 Å². The molecule has 1 unspecified atom stereocenters. The van der Waals surface area contributed by atoms with Gasteiger partial charge in [0, 0.05) is 37.2 Å². The highest BCUT2D eigenvalue weighted by molar-refractivity contribution is 6.24. The Morgan fingerprint density at radius 3 is 2.31 bits per heavy atom. The molecule has 246 valence electrons. The topological polar surface area (TPSA) is 160 Å². The summed E-state index contributed by atoms with van der Waals surface area (Å²) >= 11 is 0. The number of imide groups is 2. The van der Waals surface area contributed by atoms with Gasteiger partial charge in [0.05, 0.1) is 16.8 Å². The predicted molar refractivity (Wildman–Crippen MR) is 160 cm³/mol. The lowest BCUT2D eigenvalue weighted by Crippen LogP contribution is -2.54. The fourth-order valence-electron chi connectivity index (χ4n) is 5.49. The number of nitrogens with one attached hydrogen (secondary N) is 2. The van der Waals surface area contributed by atoms with E-state index in [-0.39, 0.29) is 59.7 Å². The number of alkyl halides is 3. The van der Waals surface area contributed by atoms with E-state index in [0.717, 1.165) is 26.8 Å². The molecular weight excluding hydrogens is 635 g/mol. The number of phenolic OH excluding ortho intramolecular Hbond substituents is 1. The zero-order valence-corrected chi connectivity index (χ0v) is 25.1. The van der Waals surface area contributed by atoms with Crippen molar-refractivity contribution in [2.75, 3.05) is 0 Å². The molecule has 0 saturated carbocycles. The van der Waals surface area contributed by atoms with Gasteiger partial charge in [-0.05, 0) is 53.9 Å². The summed E-state index contributed by atoms with van der Waals surface area (Å²) in [7, 11) is 1.35. The van der Waals surface area contributed by atoms with Gasteiger partial charge in [0.25, 0.3) is 17.7 Å². The van der Waals surface area contributed by atoms with E-state index in [1.54, 1.807) is 24.3 Å². The number of aryl methyl sites for hydroxylation is 1. The molecule has 0 spiro atoms. The van der Waals surface area contributed by atoms with Crippen LogP contribution in [-0.4, -0.2) is 55.4 Å². The summed E-state index contributed by atoms with van der Waals surface area (Å²) in [6.07, 6.45) is -4.60. The van der Waals surface area contributed by atoms with E-state index in [9.17, 15) is 42.3 Å². The van der Waals surface area contributed by atoms with Crippen molar-refractivity contribution in [3.05, 3.63) is 100 Å². The first-order chi connectivity index (χ1) is 22.8. The lowest BCUT2D eigenvalue weighted by atomic mass is 10.0. The highest BCUT2D eigenvalue weighted by Gasteiger charge is 2.44. The number of benzene rings is 3. The number of carbonyl (C=O) groups excluding carboxylic acids is 5. The summed E-state index contributed by atoms with van der Waals surface area (Å²) in [6.45, 7) is 0.263. The summed E-state index contributed by atoms with van der Waals surface area (Å²) in [5.74, 6) is -3.05. The monoisotopic (exact) mass is 661 g/mol. The first-order valence-electron chi connectivity index (χ1n) is 14.6. The van der Waals surface area contributed by atoms with Crippen molar-refractivity contribution in [3.8, 4) is 22.8 Å². The molecule has 3 aromatic carbocycles. The van der Waals surface area contributed by atoms with Gasteiger partial charge in [0.1, 0.15) is 24.1 Å². The molecule has 48 heavy (non-hydrogen) atoms. The SMILES string of the molecule is Cn1nc(C(F)(F)F)cc1-c1ccc(OCc2ccc(CNC(=O)c3ccc4c(c3)C(=O)N(C3CCC(=O)NC3=O)C4=O)cc2)cc1O. The quantitative estimate of drug-likeness (QED) is 0.241. The third kappa shape index (κ3) is 6.21. The molecule has 3 heterocycles. The molecule has 1 saturated heterocycles. The van der Waals surface area contributed by atoms with Gasteiger partial charge in [-0.3, -0.25) is 38.9 Å². The Hall–Kier alpha value is -5.99. The number of nitrogens with zero attached hydrogens (tertiary/aromatic N) is 3. The maximum absolute atomic E-state index is 13.0. The summed E-state index contributed by atoms with van der Waals surface area (Å²) in [5.41, 5.74) is 0.898.